The molecule has 114 valence electrons. The predicted octanol–water partition coefficient (Wildman–Crippen LogP) is 3.99. The lowest BCUT2D eigenvalue weighted by Crippen LogP contribution is -2.33. The zero-order valence-corrected chi connectivity index (χ0v) is 15.1. The van der Waals surface area contributed by atoms with Crippen LogP contribution in [0.3, 0.4) is 0 Å². The highest BCUT2D eigenvalue weighted by Gasteiger charge is 2.14. The molecule has 0 saturated heterocycles. The summed E-state index contributed by atoms with van der Waals surface area (Å²) in [5.74, 6) is 0.941. The fourth-order valence-corrected chi connectivity index (χ4v) is 3.65. The van der Waals surface area contributed by atoms with Crippen LogP contribution in [0.1, 0.15) is 23.2 Å². The van der Waals surface area contributed by atoms with Gasteiger partial charge in [-0.2, -0.15) is 0 Å². The fourth-order valence-electron chi connectivity index (χ4n) is 2.38. The van der Waals surface area contributed by atoms with E-state index in [1.54, 1.807) is 18.4 Å². The summed E-state index contributed by atoms with van der Waals surface area (Å²) >= 11 is 5.27. The Kier molecular flexibility index (Phi) is 6.21. The molecule has 0 aliphatic heterocycles. The molecular weight excluding hydrogens is 348 g/mol. The number of thiazole rings is 1. The summed E-state index contributed by atoms with van der Waals surface area (Å²) in [6.07, 6.45) is 1.87. The van der Waals surface area contributed by atoms with Crippen LogP contribution < -0.4 is 10.1 Å². The average Bonchev–Trinajstić information content (AvgIpc) is 2.84. The molecule has 21 heavy (non-hydrogen) atoms. The monoisotopic (exact) mass is 368 g/mol. The smallest absolute Gasteiger partial charge is 0.122 e. The van der Waals surface area contributed by atoms with Crippen LogP contribution in [-0.2, 0) is 12.8 Å². The van der Waals surface area contributed by atoms with Gasteiger partial charge < -0.3 is 10.1 Å². The van der Waals surface area contributed by atoms with E-state index >= 15 is 0 Å². The second-order valence-electron chi connectivity index (χ2n) is 5.00. The van der Waals surface area contributed by atoms with Crippen LogP contribution >= 0.6 is 27.3 Å². The molecule has 1 N–H and O–H groups in total. The van der Waals surface area contributed by atoms with Gasteiger partial charge in [-0.05, 0) is 43.7 Å². The van der Waals surface area contributed by atoms with E-state index in [0.717, 1.165) is 35.3 Å². The van der Waals surface area contributed by atoms with E-state index in [4.69, 9.17) is 4.74 Å². The van der Waals surface area contributed by atoms with Crippen molar-refractivity contribution in [2.24, 2.45) is 0 Å². The van der Waals surface area contributed by atoms with Crippen LogP contribution in [0.15, 0.2) is 28.1 Å². The molecule has 1 aromatic heterocycles. The van der Waals surface area contributed by atoms with Crippen molar-refractivity contribution in [2.75, 3.05) is 13.7 Å². The molecule has 2 rings (SSSR count). The van der Waals surface area contributed by atoms with Gasteiger partial charge in [0.25, 0.3) is 0 Å². The predicted molar refractivity (Wildman–Crippen MR) is 92.4 cm³/mol. The van der Waals surface area contributed by atoms with Gasteiger partial charge in [-0.1, -0.05) is 22.9 Å². The lowest BCUT2D eigenvalue weighted by molar-refractivity contribution is 0.404. The number of hydrogen-bond donors (Lipinski definition) is 1. The molecule has 1 unspecified atom stereocenters. The van der Waals surface area contributed by atoms with Gasteiger partial charge in [0.15, 0.2) is 0 Å². The molecule has 0 amide bonds. The van der Waals surface area contributed by atoms with Gasteiger partial charge in [-0.15, -0.1) is 11.3 Å². The maximum atomic E-state index is 5.47. The van der Waals surface area contributed by atoms with Crippen molar-refractivity contribution < 1.29 is 4.74 Å². The molecule has 0 fully saturated rings. The van der Waals surface area contributed by atoms with Gasteiger partial charge in [0.2, 0.25) is 0 Å². The van der Waals surface area contributed by atoms with E-state index in [1.807, 2.05) is 19.1 Å². The molecule has 0 radical (unpaired) electrons. The molecule has 0 spiro atoms. The van der Waals surface area contributed by atoms with Crippen molar-refractivity contribution in [1.82, 2.24) is 10.3 Å². The Labute approximate surface area is 138 Å². The van der Waals surface area contributed by atoms with Crippen LogP contribution in [0.2, 0.25) is 0 Å². The lowest BCUT2D eigenvalue weighted by Gasteiger charge is -2.18. The van der Waals surface area contributed by atoms with Crippen molar-refractivity contribution in [3.63, 3.8) is 0 Å². The fraction of sp³-hybridized carbons (Fsp3) is 0.438. The quantitative estimate of drug-likeness (QED) is 0.802. The molecular formula is C16H21BrN2OS. The van der Waals surface area contributed by atoms with Gasteiger partial charge in [0, 0.05) is 28.0 Å². The van der Waals surface area contributed by atoms with E-state index in [-0.39, 0.29) is 0 Å². The second kappa shape index (κ2) is 7.92. The van der Waals surface area contributed by atoms with E-state index in [2.05, 4.69) is 44.6 Å². The topological polar surface area (TPSA) is 34.2 Å². The summed E-state index contributed by atoms with van der Waals surface area (Å²) in [5, 5.41) is 6.85. The van der Waals surface area contributed by atoms with Gasteiger partial charge in [0.1, 0.15) is 5.75 Å². The highest BCUT2D eigenvalue weighted by molar-refractivity contribution is 9.10. The first-order chi connectivity index (χ1) is 10.1. The number of aromatic nitrogens is 1. The molecule has 3 nitrogen and oxygen atoms in total. The van der Waals surface area contributed by atoms with E-state index in [0.29, 0.717) is 6.04 Å². The van der Waals surface area contributed by atoms with Gasteiger partial charge in [-0.25, -0.2) is 4.98 Å². The van der Waals surface area contributed by atoms with Crippen LogP contribution in [0.25, 0.3) is 0 Å². The maximum absolute atomic E-state index is 5.47. The lowest BCUT2D eigenvalue weighted by atomic mass is 10.0. The molecule has 1 aromatic carbocycles. The van der Waals surface area contributed by atoms with Crippen molar-refractivity contribution >= 4 is 27.3 Å². The summed E-state index contributed by atoms with van der Waals surface area (Å²) in [6.45, 7) is 5.13. The number of methoxy groups -OCH3 is 1. The summed E-state index contributed by atoms with van der Waals surface area (Å²) in [4.78, 5) is 4.57. The molecule has 0 saturated carbocycles. The number of rotatable bonds is 7. The molecule has 0 aliphatic rings. The third-order valence-electron chi connectivity index (χ3n) is 3.29. The zero-order valence-electron chi connectivity index (χ0n) is 12.6. The highest BCUT2D eigenvalue weighted by Crippen LogP contribution is 2.25. The SMILES string of the molecule is CCNC(Cc1nc(C)cs1)Cc1cc(Br)ccc1OC. The highest BCUT2D eigenvalue weighted by atomic mass is 79.9. The van der Waals surface area contributed by atoms with Crippen molar-refractivity contribution in [2.45, 2.75) is 32.7 Å². The Morgan fingerprint density at radius 3 is 2.81 bits per heavy atom. The standard InChI is InChI=1S/C16H21BrN2OS/c1-4-18-14(9-16-19-11(2)10-21-16)8-12-7-13(17)5-6-15(12)20-3/h5-7,10,14,18H,4,8-9H2,1-3H3. The average molecular weight is 369 g/mol. The summed E-state index contributed by atoms with van der Waals surface area (Å²) in [7, 11) is 1.72. The van der Waals surface area contributed by atoms with Gasteiger partial charge >= 0.3 is 0 Å². The molecule has 1 heterocycles. The normalized spacial score (nSPS) is 12.4. The Morgan fingerprint density at radius 1 is 1.38 bits per heavy atom. The third-order valence-corrected chi connectivity index (χ3v) is 4.77. The van der Waals surface area contributed by atoms with E-state index in [9.17, 15) is 0 Å². The van der Waals surface area contributed by atoms with Crippen LogP contribution in [0.4, 0.5) is 0 Å². The van der Waals surface area contributed by atoms with Crippen LogP contribution in [-0.4, -0.2) is 24.7 Å². The second-order valence-corrected chi connectivity index (χ2v) is 6.86. The molecule has 2 aromatic rings. The van der Waals surface area contributed by atoms with Crippen LogP contribution in [0, 0.1) is 6.92 Å². The number of nitrogens with one attached hydrogen (secondary N) is 1. The number of aryl methyl sites for hydroxylation is 1. The summed E-state index contributed by atoms with van der Waals surface area (Å²) in [6, 6.07) is 6.52. The number of benzene rings is 1. The maximum Gasteiger partial charge on any atom is 0.122 e. The Morgan fingerprint density at radius 2 is 2.19 bits per heavy atom. The first-order valence-corrected chi connectivity index (χ1v) is 8.76. The minimum absolute atomic E-state index is 0.365. The number of halogens is 1. The molecule has 0 bridgehead atoms. The van der Waals surface area contributed by atoms with Crippen molar-refractivity contribution in [3.05, 3.63) is 44.3 Å². The van der Waals surface area contributed by atoms with E-state index in [1.165, 1.54) is 10.6 Å². The summed E-state index contributed by atoms with van der Waals surface area (Å²) < 4.78 is 6.55. The third kappa shape index (κ3) is 4.80. The Hall–Kier alpha value is -0.910. The molecule has 5 heteroatoms. The minimum atomic E-state index is 0.365. The molecule has 0 aliphatic carbocycles. The molecule has 1 atom stereocenters. The van der Waals surface area contributed by atoms with Crippen molar-refractivity contribution in [1.29, 1.82) is 0 Å². The Bertz CT molecular complexity index is 585. The number of likely N-dealkylation sites (N-methyl/N-ethyl adjacent to an activating group) is 1. The Balaban J connectivity index is 2.13. The number of hydrogen-bond acceptors (Lipinski definition) is 4. The van der Waals surface area contributed by atoms with E-state index < -0.39 is 0 Å². The summed E-state index contributed by atoms with van der Waals surface area (Å²) in [5.41, 5.74) is 2.32. The van der Waals surface area contributed by atoms with Gasteiger partial charge in [-0.3, -0.25) is 0 Å². The number of ether oxygens (including phenoxy) is 1. The largest absolute Gasteiger partial charge is 0.496 e. The first-order valence-electron chi connectivity index (χ1n) is 7.09. The minimum Gasteiger partial charge on any atom is -0.496 e. The zero-order chi connectivity index (χ0) is 15.2. The first kappa shape index (κ1) is 16.5. The number of nitrogens with zero attached hydrogens (tertiary/aromatic N) is 1. The van der Waals surface area contributed by atoms with Crippen molar-refractivity contribution in [3.8, 4) is 5.75 Å². The van der Waals surface area contributed by atoms with Gasteiger partial charge in [0.05, 0.1) is 12.1 Å². The van der Waals surface area contributed by atoms with Crippen LogP contribution in [0.5, 0.6) is 5.75 Å².